The lowest BCUT2D eigenvalue weighted by molar-refractivity contribution is -0.143. The first-order valence-electron chi connectivity index (χ1n) is 6.98. The van der Waals surface area contributed by atoms with E-state index in [1.807, 2.05) is 27.7 Å². The van der Waals surface area contributed by atoms with E-state index in [-0.39, 0.29) is 17.9 Å². The molecular weight excluding hydrogens is 230 g/mol. The minimum Gasteiger partial charge on any atom is -0.481 e. The second-order valence-electron chi connectivity index (χ2n) is 3.97. The van der Waals surface area contributed by atoms with Crippen molar-refractivity contribution >= 4 is 11.9 Å². The van der Waals surface area contributed by atoms with Crippen LogP contribution in [0, 0.1) is 5.92 Å². The van der Waals surface area contributed by atoms with Crippen molar-refractivity contribution < 1.29 is 14.7 Å². The van der Waals surface area contributed by atoms with Crippen LogP contribution in [0.2, 0.25) is 0 Å². The van der Waals surface area contributed by atoms with E-state index in [2.05, 4.69) is 0 Å². The second kappa shape index (κ2) is 11.1. The van der Waals surface area contributed by atoms with E-state index in [4.69, 9.17) is 5.11 Å². The number of carbonyl (C=O) groups is 2. The first kappa shape index (κ1) is 19.3. The summed E-state index contributed by atoms with van der Waals surface area (Å²) in [5, 5.41) is 8.79. The number of rotatable bonds is 2. The van der Waals surface area contributed by atoms with E-state index in [1.165, 1.54) is 0 Å². The van der Waals surface area contributed by atoms with Crippen LogP contribution in [0.25, 0.3) is 0 Å². The van der Waals surface area contributed by atoms with Gasteiger partial charge in [0.2, 0.25) is 5.91 Å². The number of aliphatic carboxylic acids is 1. The monoisotopic (exact) mass is 259 g/mol. The molecule has 0 aliphatic heterocycles. The molecule has 0 saturated heterocycles. The highest BCUT2D eigenvalue weighted by molar-refractivity contribution is 5.73. The van der Waals surface area contributed by atoms with Gasteiger partial charge in [0.25, 0.3) is 0 Å². The van der Waals surface area contributed by atoms with Crippen molar-refractivity contribution in [2.45, 2.75) is 66.3 Å². The van der Waals surface area contributed by atoms with Crippen LogP contribution in [-0.4, -0.2) is 35.0 Å². The molecule has 0 heterocycles. The van der Waals surface area contributed by atoms with Crippen molar-refractivity contribution in [1.29, 1.82) is 0 Å². The Kier molecular flexibility index (Phi) is 11.8. The molecule has 4 heteroatoms. The van der Waals surface area contributed by atoms with Crippen molar-refractivity contribution in [3.8, 4) is 0 Å². The van der Waals surface area contributed by atoms with Gasteiger partial charge in [0.15, 0.2) is 0 Å². The molecule has 1 aliphatic rings. The summed E-state index contributed by atoms with van der Waals surface area (Å²) in [5.74, 6) is -0.843. The van der Waals surface area contributed by atoms with Crippen molar-refractivity contribution in [2.75, 3.05) is 7.05 Å². The standard InChI is InChI=1S/C10H17NO3.2C2H6/c1-7(12)11(2)9-5-3-8(4-6-9)10(13)14;2*1-2/h8-9H,3-6H2,1-2H3,(H,13,14);2*1-2H3. The summed E-state index contributed by atoms with van der Waals surface area (Å²) in [6, 6.07) is 0.239. The topological polar surface area (TPSA) is 57.6 Å². The van der Waals surface area contributed by atoms with E-state index in [9.17, 15) is 9.59 Å². The summed E-state index contributed by atoms with van der Waals surface area (Å²) >= 11 is 0. The Morgan fingerprint density at radius 2 is 1.39 bits per heavy atom. The number of carboxylic acids is 1. The molecule has 1 amide bonds. The summed E-state index contributed by atoms with van der Waals surface area (Å²) in [6.45, 7) is 9.54. The lowest BCUT2D eigenvalue weighted by atomic mass is 9.85. The van der Waals surface area contributed by atoms with E-state index in [0.29, 0.717) is 12.8 Å². The summed E-state index contributed by atoms with van der Waals surface area (Å²) in [4.78, 5) is 23.5. The lowest BCUT2D eigenvalue weighted by Gasteiger charge is -2.32. The van der Waals surface area contributed by atoms with Gasteiger partial charge in [-0.05, 0) is 25.7 Å². The number of carboxylic acid groups (broad SMARTS) is 1. The zero-order valence-electron chi connectivity index (χ0n) is 12.7. The van der Waals surface area contributed by atoms with Gasteiger partial charge in [0.05, 0.1) is 5.92 Å². The molecule has 1 rings (SSSR count). The van der Waals surface area contributed by atoms with Gasteiger partial charge in [0, 0.05) is 20.0 Å². The fourth-order valence-electron chi connectivity index (χ4n) is 1.97. The Bertz CT molecular complexity index is 233. The number of nitrogens with zero attached hydrogens (tertiary/aromatic N) is 1. The van der Waals surface area contributed by atoms with E-state index >= 15 is 0 Å². The van der Waals surface area contributed by atoms with Crippen LogP contribution in [0.3, 0.4) is 0 Å². The normalized spacial score (nSPS) is 21.7. The number of hydrogen-bond acceptors (Lipinski definition) is 2. The van der Waals surface area contributed by atoms with Crippen molar-refractivity contribution in [1.82, 2.24) is 4.90 Å². The summed E-state index contributed by atoms with van der Waals surface area (Å²) in [7, 11) is 1.79. The van der Waals surface area contributed by atoms with Crippen LogP contribution in [0.1, 0.15) is 60.3 Å². The van der Waals surface area contributed by atoms with Gasteiger partial charge < -0.3 is 10.0 Å². The molecule has 1 fully saturated rings. The maximum absolute atomic E-state index is 11.1. The average Bonchev–Trinajstić information content (AvgIpc) is 2.42. The van der Waals surface area contributed by atoms with Crippen LogP contribution in [-0.2, 0) is 9.59 Å². The first-order valence-corrected chi connectivity index (χ1v) is 6.98. The number of amides is 1. The summed E-state index contributed by atoms with van der Waals surface area (Å²) in [5.41, 5.74) is 0. The van der Waals surface area contributed by atoms with E-state index < -0.39 is 5.97 Å². The average molecular weight is 259 g/mol. The van der Waals surface area contributed by atoms with Crippen LogP contribution < -0.4 is 0 Å². The molecule has 1 aliphatic carbocycles. The third-order valence-corrected chi connectivity index (χ3v) is 3.09. The Balaban J connectivity index is 0. The Labute approximate surface area is 111 Å². The predicted molar refractivity (Wildman–Crippen MR) is 74.5 cm³/mol. The van der Waals surface area contributed by atoms with Gasteiger partial charge in [-0.15, -0.1) is 0 Å². The first-order chi connectivity index (χ1) is 8.52. The van der Waals surface area contributed by atoms with Gasteiger partial charge in [-0.25, -0.2) is 0 Å². The van der Waals surface area contributed by atoms with Gasteiger partial charge in [-0.2, -0.15) is 0 Å². The smallest absolute Gasteiger partial charge is 0.306 e. The summed E-state index contributed by atoms with van der Waals surface area (Å²) in [6.07, 6.45) is 3.01. The Hall–Kier alpha value is -1.06. The molecule has 0 aromatic heterocycles. The van der Waals surface area contributed by atoms with E-state index in [1.54, 1.807) is 18.9 Å². The van der Waals surface area contributed by atoms with Crippen LogP contribution in [0.15, 0.2) is 0 Å². The number of carbonyl (C=O) groups excluding carboxylic acids is 1. The Morgan fingerprint density at radius 1 is 1.00 bits per heavy atom. The van der Waals surface area contributed by atoms with E-state index in [0.717, 1.165) is 12.8 Å². The van der Waals surface area contributed by atoms with Gasteiger partial charge in [-0.1, -0.05) is 27.7 Å². The van der Waals surface area contributed by atoms with Gasteiger partial charge in [-0.3, -0.25) is 9.59 Å². The SMILES string of the molecule is CC.CC.CC(=O)N(C)C1CCC(C(=O)O)CC1. The maximum Gasteiger partial charge on any atom is 0.306 e. The van der Waals surface area contributed by atoms with Gasteiger partial charge >= 0.3 is 5.97 Å². The van der Waals surface area contributed by atoms with Crippen molar-refractivity contribution in [3.05, 3.63) is 0 Å². The maximum atomic E-state index is 11.1. The van der Waals surface area contributed by atoms with Crippen molar-refractivity contribution in [3.63, 3.8) is 0 Å². The molecule has 1 saturated carbocycles. The molecule has 0 aromatic carbocycles. The quantitative estimate of drug-likeness (QED) is 0.828. The largest absolute Gasteiger partial charge is 0.481 e. The van der Waals surface area contributed by atoms with Gasteiger partial charge in [0.1, 0.15) is 0 Å². The van der Waals surface area contributed by atoms with Crippen LogP contribution in [0.5, 0.6) is 0 Å². The highest BCUT2D eigenvalue weighted by Gasteiger charge is 2.28. The number of hydrogen-bond donors (Lipinski definition) is 1. The third-order valence-electron chi connectivity index (χ3n) is 3.09. The molecule has 18 heavy (non-hydrogen) atoms. The molecule has 108 valence electrons. The van der Waals surface area contributed by atoms with Crippen LogP contribution >= 0.6 is 0 Å². The fourth-order valence-corrected chi connectivity index (χ4v) is 1.97. The molecule has 0 unspecified atom stereocenters. The minimum absolute atomic E-state index is 0.0591. The fraction of sp³-hybridized carbons (Fsp3) is 0.857. The summed E-state index contributed by atoms with van der Waals surface area (Å²) < 4.78 is 0. The Morgan fingerprint density at radius 3 is 1.67 bits per heavy atom. The molecule has 0 spiro atoms. The molecule has 0 radical (unpaired) electrons. The predicted octanol–water partition coefficient (Wildman–Crippen LogP) is 3.16. The van der Waals surface area contributed by atoms with Crippen LogP contribution in [0.4, 0.5) is 0 Å². The highest BCUT2D eigenvalue weighted by atomic mass is 16.4. The van der Waals surface area contributed by atoms with Crippen molar-refractivity contribution in [2.24, 2.45) is 5.92 Å². The highest BCUT2D eigenvalue weighted by Crippen LogP contribution is 2.27. The second-order valence-corrected chi connectivity index (χ2v) is 3.97. The lowest BCUT2D eigenvalue weighted by Crippen LogP contribution is -2.39. The zero-order chi connectivity index (χ0) is 14.7. The molecule has 0 aromatic rings. The zero-order valence-corrected chi connectivity index (χ0v) is 12.7. The molecular formula is C14H29NO3. The molecule has 1 N–H and O–H groups in total. The molecule has 4 nitrogen and oxygen atoms in total. The third kappa shape index (κ3) is 6.62. The minimum atomic E-state index is -0.700. The molecule has 0 bridgehead atoms. The molecule has 0 atom stereocenters.